The zero-order chi connectivity index (χ0) is 20.4. The van der Waals surface area contributed by atoms with Crippen LogP contribution in [0.15, 0.2) is 97.3 Å². The van der Waals surface area contributed by atoms with Crippen LogP contribution in [0.25, 0.3) is 0 Å². The van der Waals surface area contributed by atoms with Gasteiger partial charge in [0.25, 0.3) is 0 Å². The first kappa shape index (κ1) is 18.8. The second-order valence-corrected chi connectivity index (χ2v) is 8.11. The molecule has 1 atom stereocenters. The van der Waals surface area contributed by atoms with E-state index in [1.165, 1.54) is 22.4 Å². The molecule has 3 nitrogen and oxygen atoms in total. The van der Waals surface area contributed by atoms with Gasteiger partial charge in [-0.1, -0.05) is 91.0 Å². The molecule has 5 rings (SSSR count). The van der Waals surface area contributed by atoms with Crippen molar-refractivity contribution in [1.29, 1.82) is 0 Å². The molecule has 3 heteroatoms. The molecule has 0 spiro atoms. The van der Waals surface area contributed by atoms with Crippen molar-refractivity contribution in [2.45, 2.75) is 24.8 Å². The number of rotatable bonds is 5. The molecule has 150 valence electrons. The van der Waals surface area contributed by atoms with E-state index in [-0.39, 0.29) is 12.5 Å². The summed E-state index contributed by atoms with van der Waals surface area (Å²) in [5.74, 6) is 0.285. The van der Waals surface area contributed by atoms with Crippen LogP contribution in [0.4, 0.5) is 0 Å². The average Bonchev–Trinajstić information content (AvgIpc) is 3.25. The lowest BCUT2D eigenvalue weighted by molar-refractivity contribution is 0.209. The van der Waals surface area contributed by atoms with Gasteiger partial charge in [0, 0.05) is 12.3 Å². The first-order valence-corrected chi connectivity index (χ1v) is 10.7. The summed E-state index contributed by atoms with van der Waals surface area (Å²) >= 11 is 0. The molecule has 1 aliphatic rings. The predicted molar refractivity (Wildman–Crippen MR) is 119 cm³/mol. The number of aromatic nitrogens is 2. The maximum Gasteiger partial charge on any atom is 0.121 e. The SMILES string of the molecule is OCC1CCc2ncn(C(c3ccccc3)(c3ccccc3)c3ccccc3)c2C1. The van der Waals surface area contributed by atoms with E-state index in [1.807, 2.05) is 6.33 Å². The zero-order valence-corrected chi connectivity index (χ0v) is 17.0. The van der Waals surface area contributed by atoms with Gasteiger partial charge in [-0.25, -0.2) is 4.98 Å². The lowest BCUT2D eigenvalue weighted by Crippen LogP contribution is -2.39. The summed E-state index contributed by atoms with van der Waals surface area (Å²) in [6.07, 6.45) is 4.77. The van der Waals surface area contributed by atoms with Gasteiger partial charge < -0.3 is 9.67 Å². The van der Waals surface area contributed by atoms with E-state index >= 15 is 0 Å². The van der Waals surface area contributed by atoms with Crippen molar-refractivity contribution in [3.05, 3.63) is 125 Å². The Labute approximate surface area is 177 Å². The molecule has 30 heavy (non-hydrogen) atoms. The molecule has 0 amide bonds. The number of aliphatic hydroxyl groups excluding tert-OH is 1. The number of fused-ring (bicyclic) bond motifs is 1. The van der Waals surface area contributed by atoms with Gasteiger partial charge in [0.2, 0.25) is 0 Å². The normalized spacial score (nSPS) is 16.2. The van der Waals surface area contributed by atoms with Crippen LogP contribution < -0.4 is 0 Å². The molecule has 0 fully saturated rings. The van der Waals surface area contributed by atoms with Crippen molar-refractivity contribution < 1.29 is 5.11 Å². The summed E-state index contributed by atoms with van der Waals surface area (Å²) in [5.41, 5.74) is 5.47. The van der Waals surface area contributed by atoms with Crippen LogP contribution in [0.2, 0.25) is 0 Å². The highest BCUT2D eigenvalue weighted by Crippen LogP contribution is 2.43. The Kier molecular flexibility index (Phi) is 4.97. The van der Waals surface area contributed by atoms with E-state index in [9.17, 15) is 5.11 Å². The van der Waals surface area contributed by atoms with Crippen LogP contribution in [-0.4, -0.2) is 21.3 Å². The maximum absolute atomic E-state index is 9.87. The quantitative estimate of drug-likeness (QED) is 0.493. The van der Waals surface area contributed by atoms with Gasteiger partial charge in [0.1, 0.15) is 5.54 Å². The second-order valence-electron chi connectivity index (χ2n) is 8.11. The van der Waals surface area contributed by atoms with Gasteiger partial charge in [-0.3, -0.25) is 0 Å². The maximum atomic E-state index is 9.87. The third kappa shape index (κ3) is 2.98. The Balaban J connectivity index is 1.86. The summed E-state index contributed by atoms with van der Waals surface area (Å²) in [7, 11) is 0. The van der Waals surface area contributed by atoms with E-state index in [1.54, 1.807) is 0 Å². The van der Waals surface area contributed by atoms with Crippen LogP contribution in [-0.2, 0) is 18.4 Å². The lowest BCUT2D eigenvalue weighted by atomic mass is 9.76. The topological polar surface area (TPSA) is 38.1 Å². The van der Waals surface area contributed by atoms with Gasteiger partial charge in [-0.2, -0.15) is 0 Å². The predicted octanol–water partition coefficient (Wildman–Crippen LogP) is 4.82. The molecule has 3 aromatic carbocycles. The number of imidazole rings is 1. The molecule has 1 N–H and O–H groups in total. The average molecular weight is 395 g/mol. The Morgan fingerprint density at radius 2 is 1.30 bits per heavy atom. The van der Waals surface area contributed by atoms with Crippen molar-refractivity contribution >= 4 is 0 Å². The number of hydrogen-bond acceptors (Lipinski definition) is 2. The molecule has 0 saturated heterocycles. The largest absolute Gasteiger partial charge is 0.396 e. The van der Waals surface area contributed by atoms with Crippen LogP contribution in [0.5, 0.6) is 0 Å². The minimum absolute atomic E-state index is 0.222. The number of aryl methyl sites for hydroxylation is 1. The summed E-state index contributed by atoms with van der Waals surface area (Å²) in [5, 5.41) is 9.87. The summed E-state index contributed by atoms with van der Waals surface area (Å²) in [6.45, 7) is 0.222. The summed E-state index contributed by atoms with van der Waals surface area (Å²) < 4.78 is 2.37. The highest BCUT2D eigenvalue weighted by Gasteiger charge is 2.41. The Morgan fingerprint density at radius 3 is 1.77 bits per heavy atom. The number of nitrogens with zero attached hydrogens (tertiary/aromatic N) is 2. The number of aliphatic hydroxyl groups is 1. The van der Waals surface area contributed by atoms with Crippen LogP contribution in [0.1, 0.15) is 34.5 Å². The molecular weight excluding hydrogens is 368 g/mol. The smallest absolute Gasteiger partial charge is 0.121 e. The second kappa shape index (κ2) is 7.92. The zero-order valence-electron chi connectivity index (χ0n) is 17.0. The molecule has 4 aromatic rings. The standard InChI is InChI=1S/C27H26N2O/c30-19-21-16-17-25-26(18-21)29(20-28-25)27(22-10-4-1-5-11-22,23-12-6-2-7-13-23)24-14-8-3-9-15-24/h1-15,20-21,30H,16-19H2. The van der Waals surface area contributed by atoms with Crippen molar-refractivity contribution in [3.63, 3.8) is 0 Å². The van der Waals surface area contributed by atoms with Crippen molar-refractivity contribution in [3.8, 4) is 0 Å². The van der Waals surface area contributed by atoms with E-state index in [4.69, 9.17) is 4.98 Å². The minimum atomic E-state index is -0.526. The fraction of sp³-hybridized carbons (Fsp3) is 0.222. The Bertz CT molecular complexity index is 1010. The third-order valence-corrected chi connectivity index (χ3v) is 6.42. The highest BCUT2D eigenvalue weighted by molar-refractivity contribution is 5.51. The third-order valence-electron chi connectivity index (χ3n) is 6.42. The molecule has 1 unspecified atom stereocenters. The fourth-order valence-corrected chi connectivity index (χ4v) is 4.95. The van der Waals surface area contributed by atoms with E-state index < -0.39 is 5.54 Å². The number of hydrogen-bond donors (Lipinski definition) is 1. The molecule has 1 aromatic heterocycles. The van der Waals surface area contributed by atoms with Crippen LogP contribution in [0, 0.1) is 5.92 Å². The van der Waals surface area contributed by atoms with E-state index in [0.717, 1.165) is 25.0 Å². The van der Waals surface area contributed by atoms with E-state index in [0.29, 0.717) is 0 Å². The van der Waals surface area contributed by atoms with Gasteiger partial charge in [0.15, 0.2) is 0 Å². The molecule has 1 aliphatic carbocycles. The van der Waals surface area contributed by atoms with Gasteiger partial charge in [0.05, 0.1) is 12.0 Å². The highest BCUT2D eigenvalue weighted by atomic mass is 16.3. The fourth-order valence-electron chi connectivity index (χ4n) is 4.95. The Morgan fingerprint density at radius 1 is 0.800 bits per heavy atom. The Hall–Kier alpha value is -3.17. The van der Waals surface area contributed by atoms with Crippen LogP contribution in [0.3, 0.4) is 0 Å². The molecule has 1 heterocycles. The van der Waals surface area contributed by atoms with Gasteiger partial charge >= 0.3 is 0 Å². The van der Waals surface area contributed by atoms with Gasteiger partial charge in [-0.05, 0) is 41.9 Å². The monoisotopic (exact) mass is 394 g/mol. The first-order chi connectivity index (χ1) is 14.8. The molecule has 0 bridgehead atoms. The summed E-state index contributed by atoms with van der Waals surface area (Å²) in [6, 6.07) is 32.1. The number of benzene rings is 3. The lowest BCUT2D eigenvalue weighted by Gasteiger charge is -2.39. The molecule has 0 radical (unpaired) electrons. The first-order valence-electron chi connectivity index (χ1n) is 10.7. The van der Waals surface area contributed by atoms with Crippen molar-refractivity contribution in [1.82, 2.24) is 9.55 Å². The summed E-state index contributed by atoms with van der Waals surface area (Å²) in [4.78, 5) is 4.85. The molecule has 0 aliphatic heterocycles. The van der Waals surface area contributed by atoms with Crippen LogP contribution >= 0.6 is 0 Å². The molecule has 0 saturated carbocycles. The van der Waals surface area contributed by atoms with Gasteiger partial charge in [-0.15, -0.1) is 0 Å². The van der Waals surface area contributed by atoms with Crippen molar-refractivity contribution in [2.75, 3.05) is 6.61 Å². The van der Waals surface area contributed by atoms with Crippen molar-refractivity contribution in [2.24, 2.45) is 5.92 Å². The molecular formula is C27H26N2O. The minimum Gasteiger partial charge on any atom is -0.396 e. The van der Waals surface area contributed by atoms with E-state index in [2.05, 4.69) is 95.6 Å².